The van der Waals surface area contributed by atoms with Crippen molar-refractivity contribution >= 4 is 39.9 Å². The van der Waals surface area contributed by atoms with Gasteiger partial charge in [-0.15, -0.1) is 11.3 Å². The fourth-order valence-electron chi connectivity index (χ4n) is 3.12. The lowest BCUT2D eigenvalue weighted by molar-refractivity contribution is -0.127. The molecule has 0 fully saturated rings. The Labute approximate surface area is 183 Å². The minimum atomic E-state index is -0.0913. The van der Waals surface area contributed by atoms with Gasteiger partial charge in [-0.05, 0) is 29.1 Å². The maximum absolute atomic E-state index is 13.2. The monoisotopic (exact) mass is 435 g/mol. The van der Waals surface area contributed by atoms with Gasteiger partial charge in [-0.25, -0.2) is 4.98 Å². The molecule has 5 nitrogen and oxygen atoms in total. The van der Waals surface area contributed by atoms with Gasteiger partial charge in [0.05, 0.1) is 29.7 Å². The van der Waals surface area contributed by atoms with Crippen LogP contribution in [0.15, 0.2) is 82.1 Å². The van der Waals surface area contributed by atoms with Crippen molar-refractivity contribution in [1.82, 2.24) is 14.5 Å². The number of amides is 1. The number of para-hydroxylation sites is 1. The van der Waals surface area contributed by atoms with E-state index in [0.717, 1.165) is 10.4 Å². The van der Waals surface area contributed by atoms with E-state index in [2.05, 4.69) is 0 Å². The van der Waals surface area contributed by atoms with Gasteiger partial charge in [0.2, 0.25) is 5.91 Å². The van der Waals surface area contributed by atoms with E-state index in [1.165, 1.54) is 11.8 Å². The van der Waals surface area contributed by atoms with Crippen LogP contribution in [0, 0.1) is 0 Å². The fraction of sp³-hybridized carbons (Fsp3) is 0.174. The molecule has 0 saturated carbocycles. The van der Waals surface area contributed by atoms with Crippen LogP contribution in [0.4, 0.5) is 0 Å². The summed E-state index contributed by atoms with van der Waals surface area (Å²) in [7, 11) is 1.80. The molecule has 2 aromatic carbocycles. The zero-order valence-electron chi connectivity index (χ0n) is 16.5. The molecule has 0 radical (unpaired) electrons. The van der Waals surface area contributed by atoms with Crippen LogP contribution < -0.4 is 5.56 Å². The normalized spacial score (nSPS) is 11.0. The van der Waals surface area contributed by atoms with Crippen LogP contribution in [0.2, 0.25) is 0 Å². The fourth-order valence-corrected chi connectivity index (χ4v) is 4.82. The quantitative estimate of drug-likeness (QED) is 0.322. The molecule has 4 rings (SSSR count). The van der Waals surface area contributed by atoms with Gasteiger partial charge in [0, 0.05) is 11.9 Å². The molecule has 7 heteroatoms. The van der Waals surface area contributed by atoms with E-state index in [4.69, 9.17) is 4.98 Å². The summed E-state index contributed by atoms with van der Waals surface area (Å²) in [5.74, 6) is 0.226. The average Bonchev–Trinajstić information content (AvgIpc) is 3.28. The SMILES string of the molecule is CN(Cc1cccs1)C(=O)CSc1nc2ccccc2c(=O)n1Cc1ccccc1. The van der Waals surface area contributed by atoms with Gasteiger partial charge in [0.1, 0.15) is 0 Å². The number of thiophene rings is 1. The van der Waals surface area contributed by atoms with Crippen molar-refractivity contribution in [3.8, 4) is 0 Å². The lowest BCUT2D eigenvalue weighted by Crippen LogP contribution is -2.28. The highest BCUT2D eigenvalue weighted by Gasteiger charge is 2.16. The van der Waals surface area contributed by atoms with E-state index in [-0.39, 0.29) is 17.2 Å². The Bertz CT molecular complexity index is 1200. The van der Waals surface area contributed by atoms with E-state index in [0.29, 0.717) is 29.1 Å². The summed E-state index contributed by atoms with van der Waals surface area (Å²) in [5, 5.41) is 3.14. The molecule has 4 aromatic rings. The molecule has 0 aliphatic rings. The average molecular weight is 436 g/mol. The molecule has 0 bridgehead atoms. The molecular weight excluding hydrogens is 414 g/mol. The molecule has 0 spiro atoms. The zero-order valence-corrected chi connectivity index (χ0v) is 18.2. The molecule has 0 unspecified atom stereocenters. The highest BCUT2D eigenvalue weighted by atomic mass is 32.2. The topological polar surface area (TPSA) is 55.2 Å². The molecule has 2 heterocycles. The van der Waals surface area contributed by atoms with E-state index < -0.39 is 0 Å². The molecule has 2 aromatic heterocycles. The summed E-state index contributed by atoms with van der Waals surface area (Å²) in [5.41, 5.74) is 1.57. The number of benzene rings is 2. The first-order valence-electron chi connectivity index (χ1n) is 9.54. The van der Waals surface area contributed by atoms with Crippen LogP contribution in [-0.2, 0) is 17.9 Å². The van der Waals surface area contributed by atoms with E-state index in [9.17, 15) is 9.59 Å². The number of hydrogen-bond acceptors (Lipinski definition) is 5. The number of rotatable bonds is 7. The van der Waals surface area contributed by atoms with E-state index in [1.807, 2.05) is 66.0 Å². The Balaban J connectivity index is 1.59. The highest BCUT2D eigenvalue weighted by Crippen LogP contribution is 2.20. The van der Waals surface area contributed by atoms with Crippen molar-refractivity contribution in [2.24, 2.45) is 0 Å². The number of aromatic nitrogens is 2. The summed E-state index contributed by atoms with van der Waals surface area (Å²) < 4.78 is 1.66. The Morgan fingerprint density at radius 2 is 1.83 bits per heavy atom. The molecule has 0 atom stereocenters. The van der Waals surface area contributed by atoms with E-state index in [1.54, 1.807) is 33.9 Å². The molecule has 0 aliphatic carbocycles. The first-order valence-corrected chi connectivity index (χ1v) is 11.4. The van der Waals surface area contributed by atoms with Crippen LogP contribution in [-0.4, -0.2) is 33.2 Å². The highest BCUT2D eigenvalue weighted by molar-refractivity contribution is 7.99. The van der Waals surface area contributed by atoms with Gasteiger partial charge >= 0.3 is 0 Å². The minimum Gasteiger partial charge on any atom is -0.340 e. The van der Waals surface area contributed by atoms with Crippen LogP contribution in [0.25, 0.3) is 10.9 Å². The second-order valence-electron chi connectivity index (χ2n) is 6.91. The number of fused-ring (bicyclic) bond motifs is 1. The van der Waals surface area contributed by atoms with E-state index >= 15 is 0 Å². The number of hydrogen-bond donors (Lipinski definition) is 0. The first-order chi connectivity index (χ1) is 14.6. The van der Waals surface area contributed by atoms with Crippen LogP contribution in [0.5, 0.6) is 0 Å². The Kier molecular flexibility index (Phi) is 6.30. The summed E-state index contributed by atoms with van der Waals surface area (Å²) in [4.78, 5) is 33.4. The number of nitrogens with zero attached hydrogens (tertiary/aromatic N) is 3. The third-order valence-electron chi connectivity index (χ3n) is 4.73. The molecular formula is C23H21N3O2S2. The predicted molar refractivity (Wildman–Crippen MR) is 123 cm³/mol. The number of carbonyl (C=O) groups excluding carboxylic acids is 1. The van der Waals surface area contributed by atoms with Gasteiger partial charge < -0.3 is 4.90 Å². The maximum Gasteiger partial charge on any atom is 0.262 e. The number of thioether (sulfide) groups is 1. The molecule has 0 aliphatic heterocycles. The largest absolute Gasteiger partial charge is 0.340 e. The maximum atomic E-state index is 13.2. The third kappa shape index (κ3) is 4.63. The molecule has 0 N–H and O–H groups in total. The standard InChI is InChI=1S/C23H21N3O2S2/c1-25(15-18-10-7-13-29-18)21(27)16-30-23-24-20-12-6-5-11-19(20)22(28)26(23)14-17-8-3-2-4-9-17/h2-13H,14-16H2,1H3. The van der Waals surface area contributed by atoms with Crippen LogP contribution >= 0.6 is 23.1 Å². The second kappa shape index (κ2) is 9.28. The third-order valence-corrected chi connectivity index (χ3v) is 6.56. The van der Waals surface area contributed by atoms with Gasteiger partial charge in [-0.2, -0.15) is 0 Å². The Morgan fingerprint density at radius 1 is 1.07 bits per heavy atom. The first kappa shape index (κ1) is 20.4. The lowest BCUT2D eigenvalue weighted by atomic mass is 10.2. The molecule has 1 amide bonds. The minimum absolute atomic E-state index is 0.00192. The number of carbonyl (C=O) groups is 1. The second-order valence-corrected chi connectivity index (χ2v) is 8.88. The van der Waals surface area contributed by atoms with Crippen LogP contribution in [0.3, 0.4) is 0 Å². The Morgan fingerprint density at radius 3 is 2.60 bits per heavy atom. The molecule has 152 valence electrons. The molecule has 30 heavy (non-hydrogen) atoms. The smallest absolute Gasteiger partial charge is 0.262 e. The zero-order chi connectivity index (χ0) is 20.9. The summed E-state index contributed by atoms with van der Waals surface area (Å²) in [6.07, 6.45) is 0. The van der Waals surface area contributed by atoms with Crippen molar-refractivity contribution in [3.63, 3.8) is 0 Å². The van der Waals surface area contributed by atoms with Crippen molar-refractivity contribution in [1.29, 1.82) is 0 Å². The Hall–Kier alpha value is -2.90. The lowest BCUT2D eigenvalue weighted by Gasteiger charge is -2.17. The van der Waals surface area contributed by atoms with Crippen LogP contribution in [0.1, 0.15) is 10.4 Å². The summed E-state index contributed by atoms with van der Waals surface area (Å²) in [6, 6.07) is 21.1. The molecule has 0 saturated heterocycles. The predicted octanol–water partition coefficient (Wildman–Crippen LogP) is 4.26. The van der Waals surface area contributed by atoms with Crippen molar-refractivity contribution in [2.75, 3.05) is 12.8 Å². The van der Waals surface area contributed by atoms with Gasteiger partial charge in [0.25, 0.3) is 5.56 Å². The van der Waals surface area contributed by atoms with Gasteiger partial charge in [-0.3, -0.25) is 14.2 Å². The van der Waals surface area contributed by atoms with Gasteiger partial charge in [-0.1, -0.05) is 60.3 Å². The summed E-state index contributed by atoms with van der Waals surface area (Å²) >= 11 is 2.94. The van der Waals surface area contributed by atoms with Crippen molar-refractivity contribution in [3.05, 3.63) is 92.9 Å². The van der Waals surface area contributed by atoms with Crippen molar-refractivity contribution < 1.29 is 4.79 Å². The van der Waals surface area contributed by atoms with Gasteiger partial charge in [0.15, 0.2) is 5.16 Å². The van der Waals surface area contributed by atoms with Crippen molar-refractivity contribution in [2.45, 2.75) is 18.2 Å². The summed E-state index contributed by atoms with van der Waals surface area (Å²) in [6.45, 7) is 0.998.